The van der Waals surface area contributed by atoms with E-state index < -0.39 is 23.6 Å². The summed E-state index contributed by atoms with van der Waals surface area (Å²) in [6, 6.07) is 6.69. The van der Waals surface area contributed by atoms with Gasteiger partial charge in [0.05, 0.1) is 5.56 Å². The van der Waals surface area contributed by atoms with E-state index in [0.717, 1.165) is 35.0 Å². The number of ether oxygens (including phenoxy) is 1. The molecule has 0 atom stereocenters. The van der Waals surface area contributed by atoms with Gasteiger partial charge in [-0.3, -0.25) is 9.36 Å². The first-order valence-corrected chi connectivity index (χ1v) is 5.58. The summed E-state index contributed by atoms with van der Waals surface area (Å²) in [7, 11) is 0. The Hall–Kier alpha value is -2.77. The molecule has 0 saturated heterocycles. The number of nitrogens with zero attached hydrogens (tertiary/aromatic N) is 1. The predicted molar refractivity (Wildman–Crippen MR) is 65.7 cm³/mol. The van der Waals surface area contributed by atoms with E-state index in [1.165, 1.54) is 12.1 Å². The molecule has 0 unspecified atom stereocenters. The number of alkyl halides is 3. The highest BCUT2D eigenvalue weighted by Gasteiger charge is 2.30. The second-order valence-electron chi connectivity index (χ2n) is 3.97. The Morgan fingerprint density at radius 3 is 2.24 bits per heavy atom. The highest BCUT2D eigenvalue weighted by Crippen LogP contribution is 2.23. The van der Waals surface area contributed by atoms with Crippen molar-refractivity contribution in [2.75, 3.05) is 0 Å². The highest BCUT2D eigenvalue weighted by molar-refractivity contribution is 5.87. The molecule has 1 aromatic heterocycles. The molecule has 0 aliphatic carbocycles. The fourth-order valence-electron chi connectivity index (χ4n) is 1.62. The molecule has 2 aromatic rings. The number of rotatable bonds is 3. The van der Waals surface area contributed by atoms with Crippen LogP contribution < -0.4 is 10.3 Å². The minimum absolute atomic E-state index is 0.120. The van der Waals surface area contributed by atoms with Crippen LogP contribution in [0.4, 0.5) is 13.2 Å². The van der Waals surface area contributed by atoms with Gasteiger partial charge in [-0.2, -0.15) is 0 Å². The molecule has 0 amide bonds. The van der Waals surface area contributed by atoms with E-state index in [9.17, 15) is 22.8 Å². The van der Waals surface area contributed by atoms with Gasteiger partial charge in [0.1, 0.15) is 5.75 Å². The summed E-state index contributed by atoms with van der Waals surface area (Å²) in [6.07, 6.45) is -3.72. The number of hydrogen-bond donors (Lipinski definition) is 1. The zero-order valence-corrected chi connectivity index (χ0v) is 10.3. The smallest absolute Gasteiger partial charge is 0.478 e. The second kappa shape index (κ2) is 5.31. The van der Waals surface area contributed by atoms with Crippen LogP contribution in [0.2, 0.25) is 0 Å². The van der Waals surface area contributed by atoms with Gasteiger partial charge in [0.25, 0.3) is 5.56 Å². The maximum atomic E-state index is 12.0. The van der Waals surface area contributed by atoms with Crippen molar-refractivity contribution in [3.8, 4) is 11.4 Å². The third kappa shape index (κ3) is 3.62. The van der Waals surface area contributed by atoms with Crippen LogP contribution in [0.1, 0.15) is 10.4 Å². The molecule has 0 spiro atoms. The molecule has 2 rings (SSSR count). The molecule has 0 radical (unpaired) electrons. The molecular weight excluding hydrogens is 291 g/mol. The first kappa shape index (κ1) is 14.6. The van der Waals surface area contributed by atoms with Crippen LogP contribution in [-0.2, 0) is 0 Å². The molecule has 0 saturated carbocycles. The van der Waals surface area contributed by atoms with Gasteiger partial charge in [0.2, 0.25) is 0 Å². The van der Waals surface area contributed by atoms with Gasteiger partial charge in [0, 0.05) is 18.0 Å². The number of pyridine rings is 1. The Balaban J connectivity index is 2.37. The van der Waals surface area contributed by atoms with E-state index in [1.54, 1.807) is 0 Å². The van der Waals surface area contributed by atoms with Gasteiger partial charge in [-0.05, 0) is 30.3 Å². The molecule has 1 N–H and O–H groups in total. The molecule has 0 bridgehead atoms. The van der Waals surface area contributed by atoms with E-state index in [2.05, 4.69) is 4.74 Å². The van der Waals surface area contributed by atoms with Gasteiger partial charge in [-0.15, -0.1) is 13.2 Å². The van der Waals surface area contributed by atoms with Crippen LogP contribution in [0.25, 0.3) is 5.69 Å². The molecule has 1 aromatic carbocycles. The quantitative estimate of drug-likeness (QED) is 0.945. The summed E-state index contributed by atoms with van der Waals surface area (Å²) in [4.78, 5) is 22.5. The number of aromatic nitrogens is 1. The largest absolute Gasteiger partial charge is 0.573 e. The number of carbonyl (C=O) groups is 1. The van der Waals surface area contributed by atoms with Gasteiger partial charge in [-0.25, -0.2) is 4.79 Å². The molecule has 8 heteroatoms. The van der Waals surface area contributed by atoms with E-state index in [-0.39, 0.29) is 11.3 Å². The molecule has 1 heterocycles. The maximum absolute atomic E-state index is 12.0. The fourth-order valence-corrected chi connectivity index (χ4v) is 1.62. The van der Waals surface area contributed by atoms with Crippen molar-refractivity contribution in [3.05, 3.63) is 58.5 Å². The third-order valence-electron chi connectivity index (χ3n) is 2.51. The van der Waals surface area contributed by atoms with E-state index >= 15 is 0 Å². The van der Waals surface area contributed by atoms with Crippen molar-refractivity contribution < 1.29 is 27.8 Å². The molecule has 5 nitrogen and oxygen atoms in total. The Morgan fingerprint density at radius 1 is 1.10 bits per heavy atom. The summed E-state index contributed by atoms with van der Waals surface area (Å²) in [5.74, 6) is -1.66. The lowest BCUT2D eigenvalue weighted by Crippen LogP contribution is -2.19. The van der Waals surface area contributed by atoms with E-state index in [4.69, 9.17) is 5.11 Å². The molecule has 110 valence electrons. The second-order valence-corrected chi connectivity index (χ2v) is 3.97. The minimum Gasteiger partial charge on any atom is -0.478 e. The fraction of sp³-hybridized carbons (Fsp3) is 0.0769. The van der Waals surface area contributed by atoms with Crippen LogP contribution in [0, 0.1) is 0 Å². The number of benzene rings is 1. The Bertz CT molecular complexity index is 719. The van der Waals surface area contributed by atoms with Crippen LogP contribution >= 0.6 is 0 Å². The van der Waals surface area contributed by atoms with Gasteiger partial charge in [0.15, 0.2) is 0 Å². The predicted octanol–water partition coefficient (Wildman–Crippen LogP) is 2.43. The first-order valence-electron chi connectivity index (χ1n) is 5.58. The number of carboxylic acid groups (broad SMARTS) is 1. The first-order chi connectivity index (χ1) is 9.76. The Morgan fingerprint density at radius 2 is 1.71 bits per heavy atom. The monoisotopic (exact) mass is 299 g/mol. The molecule has 0 fully saturated rings. The van der Waals surface area contributed by atoms with Crippen LogP contribution in [0.5, 0.6) is 5.75 Å². The van der Waals surface area contributed by atoms with Crippen LogP contribution in [-0.4, -0.2) is 22.0 Å². The lowest BCUT2D eigenvalue weighted by atomic mass is 10.2. The van der Waals surface area contributed by atoms with Crippen molar-refractivity contribution in [3.63, 3.8) is 0 Å². The average molecular weight is 299 g/mol. The number of halogens is 3. The number of hydrogen-bond acceptors (Lipinski definition) is 3. The third-order valence-corrected chi connectivity index (χ3v) is 2.51. The summed E-state index contributed by atoms with van der Waals surface area (Å²) in [5.41, 5.74) is -0.410. The maximum Gasteiger partial charge on any atom is 0.573 e. The zero-order chi connectivity index (χ0) is 15.6. The van der Waals surface area contributed by atoms with E-state index in [1.807, 2.05) is 0 Å². The van der Waals surface area contributed by atoms with E-state index in [0.29, 0.717) is 0 Å². The van der Waals surface area contributed by atoms with Crippen molar-refractivity contribution in [1.29, 1.82) is 0 Å². The summed E-state index contributed by atoms with van der Waals surface area (Å²) in [5, 5.41) is 8.86. The lowest BCUT2D eigenvalue weighted by Gasteiger charge is -2.10. The lowest BCUT2D eigenvalue weighted by molar-refractivity contribution is -0.274. The van der Waals surface area contributed by atoms with Crippen molar-refractivity contribution in [2.45, 2.75) is 6.36 Å². The van der Waals surface area contributed by atoms with Crippen molar-refractivity contribution in [1.82, 2.24) is 4.57 Å². The molecule has 0 aliphatic rings. The summed E-state index contributed by atoms with van der Waals surface area (Å²) < 4.78 is 40.8. The molecular formula is C13H8F3NO4. The van der Waals surface area contributed by atoms with Crippen molar-refractivity contribution in [2.24, 2.45) is 0 Å². The Labute approximate surface area is 115 Å². The summed E-state index contributed by atoms with van der Waals surface area (Å²) >= 11 is 0. The zero-order valence-electron chi connectivity index (χ0n) is 10.3. The summed E-state index contributed by atoms with van der Waals surface area (Å²) in [6.45, 7) is 0. The van der Waals surface area contributed by atoms with Gasteiger partial charge >= 0.3 is 12.3 Å². The number of aromatic carboxylic acids is 1. The molecule has 0 aliphatic heterocycles. The van der Waals surface area contributed by atoms with Crippen LogP contribution in [0.15, 0.2) is 47.4 Å². The van der Waals surface area contributed by atoms with Gasteiger partial charge < -0.3 is 9.84 Å². The van der Waals surface area contributed by atoms with Crippen LogP contribution in [0.3, 0.4) is 0 Å². The molecule has 21 heavy (non-hydrogen) atoms. The average Bonchev–Trinajstić information content (AvgIpc) is 2.38. The SMILES string of the molecule is O=C(O)c1ccc(=O)n(-c2ccc(OC(F)(F)F)cc2)c1. The highest BCUT2D eigenvalue weighted by atomic mass is 19.4. The normalized spacial score (nSPS) is 11.2. The topological polar surface area (TPSA) is 68.5 Å². The van der Waals surface area contributed by atoms with Crippen molar-refractivity contribution >= 4 is 5.97 Å². The van der Waals surface area contributed by atoms with Gasteiger partial charge in [-0.1, -0.05) is 0 Å². The Kier molecular flexibility index (Phi) is 3.70. The number of carboxylic acids is 1. The standard InChI is InChI=1S/C13H8F3NO4/c14-13(15,16)21-10-4-2-9(3-5-10)17-7-8(12(19)20)1-6-11(17)18/h1-7H,(H,19,20). The minimum atomic E-state index is -4.80.